The summed E-state index contributed by atoms with van der Waals surface area (Å²) in [6.45, 7) is 2.32. The van der Waals surface area contributed by atoms with Crippen LogP contribution in [0.4, 0.5) is 0 Å². The number of nitrogens with one attached hydrogen (secondary N) is 2. The van der Waals surface area contributed by atoms with Gasteiger partial charge >= 0.3 is 0 Å². The van der Waals surface area contributed by atoms with E-state index in [0.717, 1.165) is 37.9 Å². The minimum atomic E-state index is -0.00102. The molecule has 7 heteroatoms. The number of fused-ring (bicyclic) bond motifs is 1. The van der Waals surface area contributed by atoms with E-state index in [-0.39, 0.29) is 18.5 Å². The zero-order chi connectivity index (χ0) is 15.5. The number of carbonyl (C=O) groups is 1. The topological polar surface area (TPSA) is 62.7 Å². The molecule has 0 bridgehead atoms. The van der Waals surface area contributed by atoms with Crippen molar-refractivity contribution in [2.75, 3.05) is 0 Å². The van der Waals surface area contributed by atoms with Gasteiger partial charge in [-0.2, -0.15) is 5.10 Å². The lowest BCUT2D eigenvalue weighted by Crippen LogP contribution is -2.33. The summed E-state index contributed by atoms with van der Waals surface area (Å²) in [5.74, 6) is 0.849. The highest BCUT2D eigenvalue weighted by atomic mass is 32.1. The van der Waals surface area contributed by atoms with E-state index in [1.54, 1.807) is 15.9 Å². The first kappa shape index (κ1) is 15.4. The predicted octanol–water partition coefficient (Wildman–Crippen LogP) is 3.15. The second-order valence-electron chi connectivity index (χ2n) is 5.59. The average molecular weight is 336 g/mol. The SMILES string of the molecule is CCCc1n[nH]c(=S)n1CC(=O)NC1CCCc2sccc21. The van der Waals surface area contributed by atoms with Crippen LogP contribution in [-0.2, 0) is 24.2 Å². The van der Waals surface area contributed by atoms with Crippen LogP contribution in [0.3, 0.4) is 0 Å². The quantitative estimate of drug-likeness (QED) is 0.825. The van der Waals surface area contributed by atoms with Gasteiger partial charge in [0, 0.05) is 11.3 Å². The van der Waals surface area contributed by atoms with Crippen molar-refractivity contribution >= 4 is 29.5 Å². The maximum absolute atomic E-state index is 12.4. The van der Waals surface area contributed by atoms with Gasteiger partial charge in [-0.1, -0.05) is 6.92 Å². The van der Waals surface area contributed by atoms with Crippen LogP contribution in [0.1, 0.15) is 48.5 Å². The molecule has 0 fully saturated rings. The van der Waals surface area contributed by atoms with Gasteiger partial charge in [0.1, 0.15) is 12.4 Å². The summed E-state index contributed by atoms with van der Waals surface area (Å²) >= 11 is 7.01. The third-order valence-corrected chi connectivity index (χ3v) is 5.31. The van der Waals surface area contributed by atoms with Gasteiger partial charge in [-0.3, -0.25) is 14.5 Å². The molecular weight excluding hydrogens is 316 g/mol. The standard InChI is InChI=1S/C15H20N4OS2/c1-2-4-13-17-18-15(21)19(13)9-14(20)16-11-5-3-6-12-10(11)7-8-22-12/h7-8,11H,2-6,9H2,1H3,(H,16,20)(H,18,21). The Bertz CT molecular complexity index is 715. The summed E-state index contributed by atoms with van der Waals surface area (Å²) in [6, 6.07) is 2.27. The van der Waals surface area contributed by atoms with Crippen molar-refractivity contribution in [1.82, 2.24) is 20.1 Å². The Hall–Kier alpha value is -1.47. The van der Waals surface area contributed by atoms with Gasteiger partial charge in [-0.05, 0) is 54.9 Å². The van der Waals surface area contributed by atoms with Crippen molar-refractivity contribution in [3.8, 4) is 0 Å². The monoisotopic (exact) mass is 336 g/mol. The second kappa shape index (κ2) is 6.75. The number of rotatable bonds is 5. The van der Waals surface area contributed by atoms with Crippen molar-refractivity contribution in [2.45, 2.75) is 51.6 Å². The minimum Gasteiger partial charge on any atom is -0.348 e. The molecule has 0 aliphatic heterocycles. The van der Waals surface area contributed by atoms with E-state index in [2.05, 4.69) is 33.9 Å². The van der Waals surface area contributed by atoms with E-state index < -0.39 is 0 Å². The van der Waals surface area contributed by atoms with Crippen molar-refractivity contribution in [1.29, 1.82) is 0 Å². The van der Waals surface area contributed by atoms with E-state index >= 15 is 0 Å². The number of H-pyrrole nitrogens is 1. The number of thiophene rings is 1. The highest BCUT2D eigenvalue weighted by Gasteiger charge is 2.23. The normalized spacial score (nSPS) is 17.2. The predicted molar refractivity (Wildman–Crippen MR) is 89.5 cm³/mol. The molecule has 1 aliphatic carbocycles. The van der Waals surface area contributed by atoms with Crippen LogP contribution in [0, 0.1) is 4.77 Å². The van der Waals surface area contributed by atoms with Gasteiger partial charge < -0.3 is 5.32 Å². The second-order valence-corrected chi connectivity index (χ2v) is 6.98. The smallest absolute Gasteiger partial charge is 0.240 e. The Morgan fingerprint density at radius 2 is 2.50 bits per heavy atom. The lowest BCUT2D eigenvalue weighted by atomic mass is 9.94. The summed E-state index contributed by atoms with van der Waals surface area (Å²) in [7, 11) is 0. The van der Waals surface area contributed by atoms with Crippen molar-refractivity contribution in [3.05, 3.63) is 32.5 Å². The first-order valence-electron chi connectivity index (χ1n) is 7.68. The Morgan fingerprint density at radius 1 is 1.64 bits per heavy atom. The fourth-order valence-corrected chi connectivity index (χ4v) is 4.15. The molecule has 22 heavy (non-hydrogen) atoms. The summed E-state index contributed by atoms with van der Waals surface area (Å²) in [6.07, 6.45) is 5.06. The van der Waals surface area contributed by atoms with Crippen molar-refractivity contribution < 1.29 is 4.79 Å². The number of hydrogen-bond donors (Lipinski definition) is 2. The van der Waals surface area contributed by atoms with Gasteiger partial charge in [0.25, 0.3) is 0 Å². The summed E-state index contributed by atoms with van der Waals surface area (Å²) in [4.78, 5) is 13.8. The molecule has 0 radical (unpaired) electrons. The molecule has 1 unspecified atom stereocenters. The number of aromatic amines is 1. The van der Waals surface area contributed by atoms with E-state index in [4.69, 9.17) is 12.2 Å². The first-order valence-corrected chi connectivity index (χ1v) is 8.97. The lowest BCUT2D eigenvalue weighted by molar-refractivity contribution is -0.122. The summed E-state index contributed by atoms with van der Waals surface area (Å²) < 4.78 is 2.31. The Morgan fingerprint density at radius 3 is 3.32 bits per heavy atom. The van der Waals surface area contributed by atoms with Crippen molar-refractivity contribution in [3.63, 3.8) is 0 Å². The summed E-state index contributed by atoms with van der Waals surface area (Å²) in [5.41, 5.74) is 1.29. The molecule has 0 aromatic carbocycles. The zero-order valence-electron chi connectivity index (χ0n) is 12.6. The Balaban J connectivity index is 1.69. The Labute approximate surface area is 138 Å². The molecule has 0 saturated heterocycles. The van der Waals surface area contributed by atoms with Crippen LogP contribution in [0.15, 0.2) is 11.4 Å². The van der Waals surface area contributed by atoms with Gasteiger partial charge in [0.2, 0.25) is 5.91 Å². The molecule has 118 valence electrons. The van der Waals surface area contributed by atoms with Gasteiger partial charge in [0.05, 0.1) is 6.04 Å². The maximum Gasteiger partial charge on any atom is 0.240 e. The molecule has 2 heterocycles. The largest absolute Gasteiger partial charge is 0.348 e. The molecule has 1 amide bonds. The number of aryl methyl sites for hydroxylation is 2. The van der Waals surface area contributed by atoms with E-state index in [9.17, 15) is 4.79 Å². The van der Waals surface area contributed by atoms with Crippen LogP contribution in [0.2, 0.25) is 0 Å². The maximum atomic E-state index is 12.4. The molecule has 5 nitrogen and oxygen atoms in total. The Kier molecular flexibility index (Phi) is 4.73. The lowest BCUT2D eigenvalue weighted by Gasteiger charge is -2.23. The molecule has 2 aromatic rings. The minimum absolute atomic E-state index is 0.00102. The van der Waals surface area contributed by atoms with Crippen molar-refractivity contribution in [2.24, 2.45) is 0 Å². The van der Waals surface area contributed by atoms with E-state index in [0.29, 0.717) is 4.77 Å². The van der Waals surface area contributed by atoms with Crippen LogP contribution < -0.4 is 5.32 Å². The van der Waals surface area contributed by atoms with E-state index in [1.807, 2.05) is 0 Å². The summed E-state index contributed by atoms with van der Waals surface area (Å²) in [5, 5.41) is 12.2. The van der Waals surface area contributed by atoms with E-state index in [1.165, 1.54) is 10.4 Å². The fourth-order valence-electron chi connectivity index (χ4n) is 2.95. The molecule has 2 N–H and O–H groups in total. The molecule has 2 aromatic heterocycles. The third-order valence-electron chi connectivity index (χ3n) is 4.00. The highest BCUT2D eigenvalue weighted by Crippen LogP contribution is 2.33. The van der Waals surface area contributed by atoms with Gasteiger partial charge in [0.15, 0.2) is 4.77 Å². The van der Waals surface area contributed by atoms with Gasteiger partial charge in [-0.15, -0.1) is 11.3 Å². The van der Waals surface area contributed by atoms with Crippen LogP contribution in [0.5, 0.6) is 0 Å². The molecule has 0 spiro atoms. The molecular formula is C15H20N4OS2. The van der Waals surface area contributed by atoms with Crippen LogP contribution >= 0.6 is 23.6 Å². The number of aromatic nitrogens is 3. The average Bonchev–Trinajstić information content (AvgIpc) is 3.10. The fraction of sp³-hybridized carbons (Fsp3) is 0.533. The number of amides is 1. The van der Waals surface area contributed by atoms with Gasteiger partial charge in [-0.25, -0.2) is 0 Å². The number of carbonyl (C=O) groups excluding carboxylic acids is 1. The molecule has 1 aliphatic rings. The molecule has 0 saturated carbocycles. The number of hydrogen-bond acceptors (Lipinski definition) is 4. The molecule has 3 rings (SSSR count). The molecule has 1 atom stereocenters. The number of nitrogens with zero attached hydrogens (tertiary/aromatic N) is 2. The zero-order valence-corrected chi connectivity index (χ0v) is 14.2. The van der Waals surface area contributed by atoms with Crippen LogP contribution in [0.25, 0.3) is 0 Å². The third kappa shape index (κ3) is 3.15. The van der Waals surface area contributed by atoms with Crippen LogP contribution in [-0.4, -0.2) is 20.7 Å². The highest BCUT2D eigenvalue weighted by molar-refractivity contribution is 7.71. The first-order chi connectivity index (χ1) is 10.7.